The van der Waals surface area contributed by atoms with E-state index >= 15 is 0 Å². The second kappa shape index (κ2) is 7.70. The minimum atomic E-state index is 0.184. The molecule has 0 fully saturated rings. The van der Waals surface area contributed by atoms with Gasteiger partial charge < -0.3 is 14.8 Å². The largest absolute Gasteiger partial charge is 0.496 e. The fraction of sp³-hybridized carbons (Fsp3) is 0.333. The Morgan fingerprint density at radius 1 is 1.00 bits per heavy atom. The summed E-state index contributed by atoms with van der Waals surface area (Å²) < 4.78 is 11.2. The van der Waals surface area contributed by atoms with Crippen molar-refractivity contribution in [3.63, 3.8) is 0 Å². The van der Waals surface area contributed by atoms with E-state index in [1.54, 1.807) is 7.11 Å². The standard InChI is InChI=1S/C18H23NO2/c1-4-21-18-12-8-6-10-15(18)16(19-2)13-14-9-5-7-11-17(14)20-3/h5-12,16,19H,4,13H2,1-3H3. The highest BCUT2D eigenvalue weighted by Crippen LogP contribution is 2.30. The molecule has 0 amide bonds. The second-order valence-electron chi connectivity index (χ2n) is 4.83. The summed E-state index contributed by atoms with van der Waals surface area (Å²) in [5, 5.41) is 3.38. The molecule has 0 bridgehead atoms. The van der Waals surface area contributed by atoms with Crippen molar-refractivity contribution >= 4 is 0 Å². The highest BCUT2D eigenvalue weighted by atomic mass is 16.5. The predicted molar refractivity (Wildman–Crippen MR) is 86.1 cm³/mol. The molecule has 0 radical (unpaired) electrons. The molecule has 112 valence electrons. The smallest absolute Gasteiger partial charge is 0.124 e. The maximum Gasteiger partial charge on any atom is 0.124 e. The van der Waals surface area contributed by atoms with Crippen LogP contribution < -0.4 is 14.8 Å². The molecular formula is C18H23NO2. The normalized spacial score (nSPS) is 12.0. The van der Waals surface area contributed by atoms with Gasteiger partial charge in [-0.15, -0.1) is 0 Å². The Labute approximate surface area is 126 Å². The number of ether oxygens (including phenoxy) is 2. The van der Waals surface area contributed by atoms with Gasteiger partial charge in [0.1, 0.15) is 11.5 Å². The van der Waals surface area contributed by atoms with Crippen LogP contribution in [-0.2, 0) is 6.42 Å². The van der Waals surface area contributed by atoms with E-state index in [-0.39, 0.29) is 6.04 Å². The Bertz CT molecular complexity index is 569. The van der Waals surface area contributed by atoms with Crippen LogP contribution in [0.1, 0.15) is 24.1 Å². The molecule has 0 aliphatic heterocycles. The molecule has 0 saturated carbocycles. The Morgan fingerprint density at radius 2 is 1.67 bits per heavy atom. The number of para-hydroxylation sites is 2. The molecular weight excluding hydrogens is 262 g/mol. The van der Waals surface area contributed by atoms with Gasteiger partial charge in [-0.05, 0) is 38.1 Å². The first kappa shape index (κ1) is 15.4. The van der Waals surface area contributed by atoms with Crippen molar-refractivity contribution < 1.29 is 9.47 Å². The molecule has 1 unspecified atom stereocenters. The highest BCUT2D eigenvalue weighted by molar-refractivity contribution is 5.39. The average Bonchev–Trinajstić information content (AvgIpc) is 2.54. The Balaban J connectivity index is 2.28. The molecule has 0 spiro atoms. The molecule has 2 aromatic carbocycles. The molecule has 21 heavy (non-hydrogen) atoms. The molecule has 2 rings (SSSR count). The summed E-state index contributed by atoms with van der Waals surface area (Å²) in [7, 11) is 3.68. The average molecular weight is 285 g/mol. The SMILES string of the molecule is CCOc1ccccc1C(Cc1ccccc1OC)NC. The molecule has 3 nitrogen and oxygen atoms in total. The van der Waals surface area contributed by atoms with Crippen LogP contribution in [0.25, 0.3) is 0 Å². The first-order valence-corrected chi connectivity index (χ1v) is 7.31. The minimum absolute atomic E-state index is 0.184. The van der Waals surface area contributed by atoms with Gasteiger partial charge in [0.15, 0.2) is 0 Å². The third-order valence-corrected chi connectivity index (χ3v) is 3.56. The van der Waals surface area contributed by atoms with Gasteiger partial charge in [0, 0.05) is 11.6 Å². The van der Waals surface area contributed by atoms with E-state index in [0.717, 1.165) is 17.9 Å². The molecule has 0 aliphatic rings. The maximum absolute atomic E-state index is 5.74. The van der Waals surface area contributed by atoms with Crippen LogP contribution in [0.4, 0.5) is 0 Å². The number of benzene rings is 2. The lowest BCUT2D eigenvalue weighted by Crippen LogP contribution is -2.20. The van der Waals surface area contributed by atoms with E-state index < -0.39 is 0 Å². The topological polar surface area (TPSA) is 30.5 Å². The molecule has 0 aliphatic carbocycles. The van der Waals surface area contributed by atoms with Crippen LogP contribution in [0.3, 0.4) is 0 Å². The zero-order valence-electron chi connectivity index (χ0n) is 12.9. The lowest BCUT2D eigenvalue weighted by atomic mass is 9.97. The van der Waals surface area contributed by atoms with E-state index in [4.69, 9.17) is 9.47 Å². The van der Waals surface area contributed by atoms with Crippen LogP contribution in [0.15, 0.2) is 48.5 Å². The van der Waals surface area contributed by atoms with Crippen molar-refractivity contribution in [1.29, 1.82) is 0 Å². The molecule has 2 aromatic rings. The molecule has 0 aromatic heterocycles. The van der Waals surface area contributed by atoms with Gasteiger partial charge >= 0.3 is 0 Å². The third-order valence-electron chi connectivity index (χ3n) is 3.56. The highest BCUT2D eigenvalue weighted by Gasteiger charge is 2.16. The van der Waals surface area contributed by atoms with Gasteiger partial charge in [-0.2, -0.15) is 0 Å². The molecule has 3 heteroatoms. The van der Waals surface area contributed by atoms with Gasteiger partial charge in [-0.1, -0.05) is 36.4 Å². The van der Waals surface area contributed by atoms with Crippen LogP contribution in [0.2, 0.25) is 0 Å². The van der Waals surface area contributed by atoms with Crippen molar-refractivity contribution in [2.45, 2.75) is 19.4 Å². The molecule has 0 saturated heterocycles. The number of nitrogens with one attached hydrogen (secondary N) is 1. The van der Waals surface area contributed by atoms with Crippen LogP contribution in [0, 0.1) is 0 Å². The van der Waals surface area contributed by atoms with Gasteiger partial charge in [-0.25, -0.2) is 0 Å². The summed E-state index contributed by atoms with van der Waals surface area (Å²) in [4.78, 5) is 0. The Hall–Kier alpha value is -2.00. The van der Waals surface area contributed by atoms with Crippen molar-refractivity contribution in [2.24, 2.45) is 0 Å². The summed E-state index contributed by atoms with van der Waals surface area (Å²) >= 11 is 0. The Morgan fingerprint density at radius 3 is 2.33 bits per heavy atom. The lowest BCUT2D eigenvalue weighted by molar-refractivity contribution is 0.331. The summed E-state index contributed by atoms with van der Waals surface area (Å²) in [5.74, 6) is 1.86. The van der Waals surface area contributed by atoms with Crippen LogP contribution in [-0.4, -0.2) is 20.8 Å². The number of methoxy groups -OCH3 is 1. The van der Waals surface area contributed by atoms with Gasteiger partial charge in [-0.3, -0.25) is 0 Å². The number of hydrogen-bond acceptors (Lipinski definition) is 3. The molecule has 1 atom stereocenters. The van der Waals surface area contributed by atoms with E-state index in [1.807, 2.05) is 50.4 Å². The van der Waals surface area contributed by atoms with Gasteiger partial charge in [0.05, 0.1) is 13.7 Å². The summed E-state index contributed by atoms with van der Waals surface area (Å²) in [5.41, 5.74) is 2.36. The summed E-state index contributed by atoms with van der Waals surface area (Å²) in [6.45, 7) is 2.67. The Kier molecular flexibility index (Phi) is 5.64. The quantitative estimate of drug-likeness (QED) is 0.843. The maximum atomic E-state index is 5.74. The zero-order valence-corrected chi connectivity index (χ0v) is 12.9. The first-order chi connectivity index (χ1) is 10.3. The molecule has 0 heterocycles. The van der Waals surface area contributed by atoms with Gasteiger partial charge in [0.25, 0.3) is 0 Å². The number of hydrogen-bond donors (Lipinski definition) is 1. The lowest BCUT2D eigenvalue weighted by Gasteiger charge is -2.21. The van der Waals surface area contributed by atoms with Crippen LogP contribution >= 0.6 is 0 Å². The van der Waals surface area contributed by atoms with Crippen molar-refractivity contribution in [3.8, 4) is 11.5 Å². The third kappa shape index (κ3) is 3.76. The summed E-state index contributed by atoms with van der Waals surface area (Å²) in [6, 6.07) is 16.5. The predicted octanol–water partition coefficient (Wildman–Crippen LogP) is 3.60. The van der Waals surface area contributed by atoms with Crippen molar-refractivity contribution in [2.75, 3.05) is 20.8 Å². The number of likely N-dealkylation sites (N-methyl/N-ethyl adjacent to an activating group) is 1. The van der Waals surface area contributed by atoms with Gasteiger partial charge in [0.2, 0.25) is 0 Å². The first-order valence-electron chi connectivity index (χ1n) is 7.31. The second-order valence-corrected chi connectivity index (χ2v) is 4.83. The fourth-order valence-corrected chi connectivity index (χ4v) is 2.51. The molecule has 1 N–H and O–H groups in total. The minimum Gasteiger partial charge on any atom is -0.496 e. The monoisotopic (exact) mass is 285 g/mol. The fourth-order valence-electron chi connectivity index (χ4n) is 2.51. The summed E-state index contributed by atoms with van der Waals surface area (Å²) in [6.07, 6.45) is 0.852. The van der Waals surface area contributed by atoms with E-state index in [1.165, 1.54) is 11.1 Å². The van der Waals surface area contributed by atoms with Crippen molar-refractivity contribution in [3.05, 3.63) is 59.7 Å². The number of rotatable bonds is 7. The zero-order chi connectivity index (χ0) is 15.1. The van der Waals surface area contributed by atoms with E-state index in [9.17, 15) is 0 Å². The van der Waals surface area contributed by atoms with Crippen molar-refractivity contribution in [1.82, 2.24) is 5.32 Å². The van der Waals surface area contributed by atoms with E-state index in [2.05, 4.69) is 17.4 Å². The van der Waals surface area contributed by atoms with E-state index in [0.29, 0.717) is 6.61 Å². The van der Waals surface area contributed by atoms with Crippen LogP contribution in [0.5, 0.6) is 11.5 Å².